The summed E-state index contributed by atoms with van der Waals surface area (Å²) >= 11 is 0. The van der Waals surface area contributed by atoms with Crippen molar-refractivity contribution in [3.05, 3.63) is 0 Å². The molecule has 0 aliphatic rings. The topological polar surface area (TPSA) is 60.7 Å². The van der Waals surface area contributed by atoms with Crippen molar-refractivity contribution in [3.8, 4) is 0 Å². The van der Waals surface area contributed by atoms with Crippen molar-refractivity contribution in [3.63, 3.8) is 0 Å². The molecule has 3 radical (unpaired) electrons. The van der Waals surface area contributed by atoms with Crippen LogP contribution in [-0.2, 0) is 0 Å². The molecule has 0 atom stereocenters. The van der Waals surface area contributed by atoms with E-state index in [1.165, 1.54) is 0 Å². The van der Waals surface area contributed by atoms with Gasteiger partial charge in [-0.15, -0.1) is 0 Å². The SMILES string of the molecule is F.F.O[B]O.[B]O.[H-].[K+]. The molecule has 3 N–H and O–H groups in total. The van der Waals surface area contributed by atoms with E-state index in [4.69, 9.17) is 15.1 Å². The molecule has 0 aromatic carbocycles. The van der Waals surface area contributed by atoms with Crippen LogP contribution >= 0.6 is 0 Å². The fourth-order valence-electron chi connectivity index (χ4n) is 0. The van der Waals surface area contributed by atoms with Gasteiger partial charge in [-0.3, -0.25) is 9.41 Å². The van der Waals surface area contributed by atoms with Gasteiger partial charge in [-0.05, 0) is 0 Å². The van der Waals surface area contributed by atoms with Crippen molar-refractivity contribution in [2.24, 2.45) is 0 Å². The second kappa shape index (κ2) is 76.3. The molecule has 0 amide bonds. The summed E-state index contributed by atoms with van der Waals surface area (Å²) in [6.45, 7) is 0. The van der Waals surface area contributed by atoms with Crippen LogP contribution in [0.2, 0.25) is 0 Å². The molecule has 3 nitrogen and oxygen atoms in total. The minimum Gasteiger partial charge on any atom is -1.00 e. The second-order valence-electron chi connectivity index (χ2n) is 0.115. The van der Waals surface area contributed by atoms with Crippen molar-refractivity contribution in [1.29, 1.82) is 0 Å². The number of rotatable bonds is 0. The molecule has 0 rings (SSSR count). The molecule has 8 heavy (non-hydrogen) atoms. The molecular formula is H6B2F2KO3. The predicted molar refractivity (Wildman–Crippen MR) is 24.3 cm³/mol. The van der Waals surface area contributed by atoms with Gasteiger partial charge in [0.15, 0.2) is 0 Å². The van der Waals surface area contributed by atoms with Crippen LogP contribution in [0.4, 0.5) is 9.41 Å². The summed E-state index contributed by atoms with van der Waals surface area (Å²) in [6, 6.07) is 0. The van der Waals surface area contributed by atoms with Gasteiger partial charge in [0.1, 0.15) is 0 Å². The van der Waals surface area contributed by atoms with Gasteiger partial charge in [-0.25, -0.2) is 0 Å². The van der Waals surface area contributed by atoms with Crippen LogP contribution in [0, 0.1) is 0 Å². The summed E-state index contributed by atoms with van der Waals surface area (Å²) < 4.78 is 0. The van der Waals surface area contributed by atoms with Gasteiger partial charge in [-0.2, -0.15) is 0 Å². The van der Waals surface area contributed by atoms with E-state index < -0.39 is 0 Å². The first kappa shape index (κ1) is 33.9. The maximum absolute atomic E-state index is 7.00. The van der Waals surface area contributed by atoms with Gasteiger partial charge in [0.25, 0.3) is 8.05 Å². The molecule has 45 valence electrons. The van der Waals surface area contributed by atoms with E-state index in [2.05, 4.69) is 8.05 Å². The van der Waals surface area contributed by atoms with E-state index >= 15 is 0 Å². The standard InChI is InChI=1S/BH2O2.BHO.2FH.K.H/c2-1-3;1-2;;;;/h2-3H;2H;2*1H;;/q;;;;+1;-1. The quantitative estimate of drug-likeness (QED) is 0.305. The molecule has 0 unspecified atom stereocenters. The third-order valence-electron chi connectivity index (χ3n) is 0. The summed E-state index contributed by atoms with van der Waals surface area (Å²) in [5.74, 6) is 0. The first-order chi connectivity index (χ1) is 2.41. The zero-order valence-corrected chi connectivity index (χ0v) is 7.44. The Bertz CT molecular complexity index is 19.8. The molecule has 0 aromatic heterocycles. The molecule has 0 bridgehead atoms. The fraction of sp³-hybridized carbons (Fsp3) is 0. The van der Waals surface area contributed by atoms with E-state index in [0.717, 1.165) is 0 Å². The second-order valence-corrected chi connectivity index (χ2v) is 0.115. The Balaban J connectivity index is -0.00000000357. The van der Waals surface area contributed by atoms with Crippen molar-refractivity contribution in [1.82, 2.24) is 0 Å². The molecule has 0 fully saturated rings. The van der Waals surface area contributed by atoms with Crippen LogP contribution in [0.15, 0.2) is 0 Å². The van der Waals surface area contributed by atoms with Crippen LogP contribution in [-0.4, -0.2) is 30.8 Å². The van der Waals surface area contributed by atoms with Crippen LogP contribution < -0.4 is 51.4 Å². The molecule has 0 saturated heterocycles. The van der Waals surface area contributed by atoms with Gasteiger partial charge in [0.2, 0.25) is 0 Å². The third-order valence-corrected chi connectivity index (χ3v) is 0. The summed E-state index contributed by atoms with van der Waals surface area (Å²) in [6.07, 6.45) is 0. The van der Waals surface area contributed by atoms with E-state index in [0.29, 0.717) is 0 Å². The largest absolute Gasteiger partial charge is 1.00 e. The smallest absolute Gasteiger partial charge is 1.00 e. The monoisotopic (exact) mass is 153 g/mol. The minimum atomic E-state index is 0. The molecule has 0 aliphatic carbocycles. The third kappa shape index (κ3) is 140. The van der Waals surface area contributed by atoms with Gasteiger partial charge in [0, 0.05) is 0 Å². The fourth-order valence-corrected chi connectivity index (χ4v) is 0. The van der Waals surface area contributed by atoms with E-state index in [1.807, 2.05) is 0 Å². The molecule has 8 heteroatoms. The Morgan fingerprint density at radius 3 is 1.12 bits per heavy atom. The van der Waals surface area contributed by atoms with Gasteiger partial charge < -0.3 is 16.5 Å². The Labute approximate surface area is 91.9 Å². The Hall–Kier alpha value is 1.51. The van der Waals surface area contributed by atoms with Crippen LogP contribution in [0.5, 0.6) is 0 Å². The number of hydrogen-bond acceptors (Lipinski definition) is 3. The Morgan fingerprint density at radius 2 is 1.12 bits per heavy atom. The average Bonchev–Trinajstić information content (AvgIpc) is 1.46. The Kier molecular flexibility index (Phi) is 323. The summed E-state index contributed by atoms with van der Waals surface area (Å²) in [5, 5.41) is 20.5. The van der Waals surface area contributed by atoms with Gasteiger partial charge in [0.05, 0.1) is 0 Å². The summed E-state index contributed by atoms with van der Waals surface area (Å²) in [5.41, 5.74) is 0. The van der Waals surface area contributed by atoms with Crippen LogP contribution in [0.25, 0.3) is 0 Å². The van der Waals surface area contributed by atoms with Gasteiger partial charge in [-0.1, -0.05) is 0 Å². The molecular weight excluding hydrogens is 147 g/mol. The first-order valence-electron chi connectivity index (χ1n) is 0.775. The van der Waals surface area contributed by atoms with Crippen molar-refractivity contribution < 1.29 is 77.3 Å². The molecule has 0 saturated carbocycles. The van der Waals surface area contributed by atoms with Crippen molar-refractivity contribution >= 4 is 15.7 Å². The number of halogens is 2. The van der Waals surface area contributed by atoms with Crippen LogP contribution in [0.3, 0.4) is 0 Å². The molecule has 0 heterocycles. The van der Waals surface area contributed by atoms with Crippen molar-refractivity contribution in [2.45, 2.75) is 0 Å². The summed E-state index contributed by atoms with van der Waals surface area (Å²) in [7, 11) is 3.50. The van der Waals surface area contributed by atoms with Gasteiger partial charge >= 0.3 is 59.1 Å². The van der Waals surface area contributed by atoms with E-state index in [-0.39, 0.29) is 69.9 Å². The van der Waals surface area contributed by atoms with E-state index in [9.17, 15) is 0 Å². The van der Waals surface area contributed by atoms with Crippen molar-refractivity contribution in [2.75, 3.05) is 0 Å². The Morgan fingerprint density at radius 1 is 1.12 bits per heavy atom. The average molecular weight is 153 g/mol. The number of hydrogen-bond donors (Lipinski definition) is 3. The molecule has 0 aliphatic heterocycles. The predicted octanol–water partition coefficient (Wildman–Crippen LogP) is -5.01. The van der Waals surface area contributed by atoms with E-state index in [1.54, 1.807) is 0 Å². The maximum atomic E-state index is 7.00. The minimum absolute atomic E-state index is 0. The molecule has 0 spiro atoms. The summed E-state index contributed by atoms with van der Waals surface area (Å²) in [4.78, 5) is 0. The first-order valence-corrected chi connectivity index (χ1v) is 0.775. The zero-order valence-electron chi connectivity index (χ0n) is 5.31. The normalized spacial score (nSPS) is 2.38. The van der Waals surface area contributed by atoms with Crippen LogP contribution in [0.1, 0.15) is 1.43 Å². The maximum Gasteiger partial charge on any atom is 1.00 e. The molecule has 0 aromatic rings. The zero-order chi connectivity index (χ0) is 4.71.